The molecular formula is C31H40N6O6. The normalized spacial score (nSPS) is 13.6. The standard InChI is InChI=1S/C31H40N6O6/c1-31(2,3)43-29(40)33-16-10-5-4-9-15-32-28(39)24-13-14-25-34-26(20-36(25)19-24)37-18-17-35(21-27(37)38)30(41)42-22-23-11-7-6-8-12-23/h6-8,11-14,19-20H,4-5,9-10,15-18,21-22H2,1-3H3,(H,32,39)(H,33,40). The Morgan fingerprint density at radius 2 is 1.63 bits per heavy atom. The molecule has 0 spiro atoms. The molecule has 2 N–H and O–H groups in total. The summed E-state index contributed by atoms with van der Waals surface area (Å²) in [6, 6.07) is 12.8. The molecule has 12 heteroatoms. The van der Waals surface area contributed by atoms with Crippen LogP contribution in [0.3, 0.4) is 0 Å². The van der Waals surface area contributed by atoms with Gasteiger partial charge in [0.25, 0.3) is 5.91 Å². The number of anilines is 1. The van der Waals surface area contributed by atoms with Crippen molar-refractivity contribution in [1.82, 2.24) is 24.9 Å². The average Bonchev–Trinajstić information content (AvgIpc) is 3.40. The molecule has 0 atom stereocenters. The number of imidazole rings is 1. The monoisotopic (exact) mass is 592 g/mol. The van der Waals surface area contributed by atoms with Gasteiger partial charge in [0.2, 0.25) is 5.91 Å². The molecule has 4 amide bonds. The highest BCUT2D eigenvalue weighted by Gasteiger charge is 2.30. The number of ether oxygens (including phenoxy) is 2. The molecule has 3 aromatic rings. The van der Waals surface area contributed by atoms with Crippen molar-refractivity contribution in [2.45, 2.75) is 58.7 Å². The molecular weight excluding hydrogens is 552 g/mol. The molecule has 4 rings (SSSR count). The van der Waals surface area contributed by atoms with Crippen molar-refractivity contribution in [3.63, 3.8) is 0 Å². The third-order valence-electron chi connectivity index (χ3n) is 6.72. The van der Waals surface area contributed by atoms with E-state index in [4.69, 9.17) is 9.47 Å². The first-order chi connectivity index (χ1) is 20.6. The van der Waals surface area contributed by atoms with Gasteiger partial charge in [0.05, 0.1) is 11.8 Å². The van der Waals surface area contributed by atoms with Gasteiger partial charge in [-0.3, -0.25) is 19.4 Å². The fourth-order valence-electron chi connectivity index (χ4n) is 4.54. The van der Waals surface area contributed by atoms with Crippen molar-refractivity contribution in [1.29, 1.82) is 0 Å². The summed E-state index contributed by atoms with van der Waals surface area (Å²) in [5, 5.41) is 5.68. The van der Waals surface area contributed by atoms with Gasteiger partial charge in [-0.1, -0.05) is 43.2 Å². The number of rotatable bonds is 11. The van der Waals surface area contributed by atoms with Crippen molar-refractivity contribution < 1.29 is 28.7 Å². The molecule has 0 bridgehead atoms. The van der Waals surface area contributed by atoms with E-state index in [2.05, 4.69) is 15.6 Å². The van der Waals surface area contributed by atoms with Gasteiger partial charge in [-0.05, 0) is 51.3 Å². The lowest BCUT2D eigenvalue weighted by molar-refractivity contribution is -0.121. The smallest absolute Gasteiger partial charge is 0.410 e. The van der Waals surface area contributed by atoms with Crippen LogP contribution in [0.4, 0.5) is 15.4 Å². The van der Waals surface area contributed by atoms with E-state index in [1.165, 1.54) is 9.80 Å². The average molecular weight is 593 g/mol. The van der Waals surface area contributed by atoms with Crippen molar-refractivity contribution in [2.75, 3.05) is 37.6 Å². The Balaban J connectivity index is 1.18. The van der Waals surface area contributed by atoms with E-state index >= 15 is 0 Å². The third kappa shape index (κ3) is 9.45. The lowest BCUT2D eigenvalue weighted by atomic mass is 10.2. The number of fused-ring (bicyclic) bond motifs is 1. The van der Waals surface area contributed by atoms with Crippen LogP contribution in [0.1, 0.15) is 62.4 Å². The number of hydrogen-bond acceptors (Lipinski definition) is 7. The molecule has 1 fully saturated rings. The Bertz CT molecular complexity index is 1420. The maximum atomic E-state index is 12.9. The van der Waals surface area contributed by atoms with Crippen LogP contribution in [0, 0.1) is 0 Å². The minimum atomic E-state index is -0.530. The highest BCUT2D eigenvalue weighted by molar-refractivity contribution is 5.97. The molecule has 2 aromatic heterocycles. The second-order valence-electron chi connectivity index (χ2n) is 11.4. The van der Waals surface area contributed by atoms with E-state index in [0.29, 0.717) is 36.7 Å². The van der Waals surface area contributed by atoms with E-state index < -0.39 is 17.8 Å². The van der Waals surface area contributed by atoms with Crippen LogP contribution < -0.4 is 15.5 Å². The van der Waals surface area contributed by atoms with Crippen molar-refractivity contribution in [3.8, 4) is 0 Å². The van der Waals surface area contributed by atoms with Crippen LogP contribution in [0.15, 0.2) is 54.9 Å². The Morgan fingerprint density at radius 3 is 2.33 bits per heavy atom. The van der Waals surface area contributed by atoms with Crippen molar-refractivity contribution >= 4 is 35.5 Å². The van der Waals surface area contributed by atoms with Gasteiger partial charge in [0.1, 0.15) is 24.4 Å². The van der Waals surface area contributed by atoms with Crippen LogP contribution in [-0.2, 0) is 20.9 Å². The predicted molar refractivity (Wildman–Crippen MR) is 161 cm³/mol. The van der Waals surface area contributed by atoms with E-state index in [9.17, 15) is 19.2 Å². The second-order valence-corrected chi connectivity index (χ2v) is 11.4. The number of amides is 4. The van der Waals surface area contributed by atoms with Crippen LogP contribution in [-0.4, -0.2) is 76.6 Å². The Labute approximate surface area is 251 Å². The predicted octanol–water partition coefficient (Wildman–Crippen LogP) is 4.13. The Kier molecular flexibility index (Phi) is 10.6. The number of nitrogens with zero attached hydrogens (tertiary/aromatic N) is 4. The zero-order chi connectivity index (χ0) is 30.8. The van der Waals surface area contributed by atoms with Crippen molar-refractivity contribution in [3.05, 3.63) is 66.0 Å². The quantitative estimate of drug-likeness (QED) is 0.320. The fourth-order valence-corrected chi connectivity index (χ4v) is 4.54. The Hall–Kier alpha value is -4.61. The third-order valence-corrected chi connectivity index (χ3v) is 6.72. The van der Waals surface area contributed by atoms with Crippen LogP contribution in [0.25, 0.3) is 5.65 Å². The van der Waals surface area contributed by atoms with Gasteiger partial charge in [-0.25, -0.2) is 14.6 Å². The summed E-state index contributed by atoms with van der Waals surface area (Å²) in [6.45, 7) is 7.22. The second kappa shape index (κ2) is 14.5. The van der Waals surface area contributed by atoms with E-state index in [1.54, 1.807) is 28.9 Å². The summed E-state index contributed by atoms with van der Waals surface area (Å²) in [5.74, 6) is 0.00775. The summed E-state index contributed by atoms with van der Waals surface area (Å²) < 4.78 is 12.3. The van der Waals surface area contributed by atoms with Gasteiger partial charge in [0, 0.05) is 32.4 Å². The molecule has 1 saturated heterocycles. The molecule has 12 nitrogen and oxygen atoms in total. The zero-order valence-electron chi connectivity index (χ0n) is 25.0. The van der Waals surface area contributed by atoms with Gasteiger partial charge in [-0.15, -0.1) is 0 Å². The van der Waals surface area contributed by atoms with Crippen LogP contribution >= 0.6 is 0 Å². The van der Waals surface area contributed by atoms with Crippen molar-refractivity contribution in [2.24, 2.45) is 0 Å². The summed E-state index contributed by atoms with van der Waals surface area (Å²) in [4.78, 5) is 57.2. The molecule has 1 aliphatic heterocycles. The molecule has 1 aliphatic rings. The lowest BCUT2D eigenvalue weighted by Gasteiger charge is -2.32. The van der Waals surface area contributed by atoms with Gasteiger partial charge in [-0.2, -0.15) is 0 Å². The number of benzene rings is 1. The van der Waals surface area contributed by atoms with E-state index in [0.717, 1.165) is 31.2 Å². The largest absolute Gasteiger partial charge is 0.445 e. The van der Waals surface area contributed by atoms with E-state index in [-0.39, 0.29) is 31.5 Å². The molecule has 230 valence electrons. The topological polar surface area (TPSA) is 135 Å². The van der Waals surface area contributed by atoms with Gasteiger partial charge < -0.3 is 24.5 Å². The fraction of sp³-hybridized carbons (Fsp3) is 0.452. The number of carbonyl (C=O) groups excluding carboxylic acids is 4. The number of piperazine rings is 1. The van der Waals surface area contributed by atoms with E-state index in [1.807, 2.05) is 51.1 Å². The number of nitrogens with one attached hydrogen (secondary N) is 2. The SMILES string of the molecule is CC(C)(C)OC(=O)NCCCCCCNC(=O)c1ccc2nc(N3CCN(C(=O)OCc4ccccc4)CC3=O)cn2c1. The number of alkyl carbamates (subject to hydrolysis) is 1. The van der Waals surface area contributed by atoms with Gasteiger partial charge in [0.15, 0.2) is 5.82 Å². The Morgan fingerprint density at radius 1 is 0.907 bits per heavy atom. The zero-order valence-corrected chi connectivity index (χ0v) is 25.0. The van der Waals surface area contributed by atoms with Crippen LogP contribution in [0.2, 0.25) is 0 Å². The molecule has 3 heterocycles. The maximum absolute atomic E-state index is 12.9. The van der Waals surface area contributed by atoms with Gasteiger partial charge >= 0.3 is 12.2 Å². The number of aromatic nitrogens is 2. The number of pyridine rings is 1. The summed E-state index contributed by atoms with van der Waals surface area (Å²) in [5.41, 5.74) is 1.45. The molecule has 0 aliphatic carbocycles. The molecule has 0 saturated carbocycles. The number of hydrogen-bond donors (Lipinski definition) is 2. The molecule has 0 unspecified atom stereocenters. The first-order valence-electron chi connectivity index (χ1n) is 14.6. The lowest BCUT2D eigenvalue weighted by Crippen LogP contribution is -2.52. The highest BCUT2D eigenvalue weighted by Crippen LogP contribution is 2.19. The summed E-state index contributed by atoms with van der Waals surface area (Å²) in [6.07, 6.45) is 5.96. The first-order valence-corrected chi connectivity index (χ1v) is 14.6. The molecule has 0 radical (unpaired) electrons. The number of carbonyl (C=O) groups is 4. The minimum Gasteiger partial charge on any atom is -0.445 e. The summed E-state index contributed by atoms with van der Waals surface area (Å²) >= 11 is 0. The number of unbranched alkanes of at least 4 members (excludes halogenated alkanes) is 3. The van der Waals surface area contributed by atoms with Crippen LogP contribution in [0.5, 0.6) is 0 Å². The maximum Gasteiger partial charge on any atom is 0.410 e. The first kappa shape index (κ1) is 31.3. The summed E-state index contributed by atoms with van der Waals surface area (Å²) in [7, 11) is 0. The highest BCUT2D eigenvalue weighted by atomic mass is 16.6. The molecule has 1 aromatic carbocycles. The minimum absolute atomic E-state index is 0.102. The molecule has 43 heavy (non-hydrogen) atoms.